The molecule has 2 bridgehead atoms. The van der Waals surface area contributed by atoms with Gasteiger partial charge in [0.25, 0.3) is 5.91 Å². The summed E-state index contributed by atoms with van der Waals surface area (Å²) >= 11 is 1.35. The molecule has 148 valence electrons. The summed E-state index contributed by atoms with van der Waals surface area (Å²) < 4.78 is 0. The van der Waals surface area contributed by atoms with E-state index in [4.69, 9.17) is 5.73 Å². The number of hydrogen-bond donors (Lipinski definition) is 3. The Morgan fingerprint density at radius 1 is 1.07 bits per heavy atom. The van der Waals surface area contributed by atoms with E-state index in [0.29, 0.717) is 23.4 Å². The molecule has 1 heterocycles. The predicted octanol–water partition coefficient (Wildman–Crippen LogP) is 3.07. The number of carbonyl (C=O) groups excluding carboxylic acids is 2. The summed E-state index contributed by atoms with van der Waals surface area (Å²) in [5.74, 6) is -3.40. The second kappa shape index (κ2) is 6.56. The first-order chi connectivity index (χ1) is 14.0. The van der Waals surface area contributed by atoms with Crippen LogP contribution in [0.15, 0.2) is 36.4 Å². The number of fused-ring (bicyclic) bond motifs is 5. The highest BCUT2D eigenvalue weighted by atomic mass is 32.1. The van der Waals surface area contributed by atoms with Crippen LogP contribution in [0.1, 0.15) is 27.9 Å². The summed E-state index contributed by atoms with van der Waals surface area (Å²) in [5.41, 5.74) is 9.18. The van der Waals surface area contributed by atoms with Gasteiger partial charge in [0, 0.05) is 4.88 Å². The van der Waals surface area contributed by atoms with Crippen LogP contribution in [-0.4, -0.2) is 22.9 Å². The van der Waals surface area contributed by atoms with Gasteiger partial charge in [-0.3, -0.25) is 14.4 Å². The van der Waals surface area contributed by atoms with Gasteiger partial charge in [-0.05, 0) is 47.8 Å². The molecule has 1 aromatic heterocycles. The Morgan fingerprint density at radius 2 is 1.79 bits per heavy atom. The number of amides is 2. The van der Waals surface area contributed by atoms with Crippen molar-refractivity contribution in [1.82, 2.24) is 0 Å². The zero-order valence-electron chi connectivity index (χ0n) is 15.6. The highest BCUT2D eigenvalue weighted by Crippen LogP contribution is 2.50. The molecule has 2 amide bonds. The smallest absolute Gasteiger partial charge is 0.307 e. The number of aryl methyl sites for hydroxylation is 1. The first-order valence-electron chi connectivity index (χ1n) is 9.71. The summed E-state index contributed by atoms with van der Waals surface area (Å²) in [6.07, 6.45) is 6.03. The number of carboxylic acid groups (broad SMARTS) is 1. The van der Waals surface area contributed by atoms with Crippen molar-refractivity contribution < 1.29 is 19.5 Å². The fourth-order valence-electron chi connectivity index (χ4n) is 5.20. The first kappa shape index (κ1) is 18.1. The lowest BCUT2D eigenvalue weighted by Gasteiger charge is -2.23. The normalized spacial score (nSPS) is 26.1. The lowest BCUT2D eigenvalue weighted by atomic mass is 9.82. The van der Waals surface area contributed by atoms with Gasteiger partial charge in [-0.2, -0.15) is 0 Å². The zero-order chi connectivity index (χ0) is 20.3. The molecule has 0 radical (unpaired) electrons. The Bertz CT molecular complexity index is 1090. The maximum atomic E-state index is 13.1. The summed E-state index contributed by atoms with van der Waals surface area (Å²) in [7, 11) is 0. The molecule has 29 heavy (non-hydrogen) atoms. The van der Waals surface area contributed by atoms with Crippen LogP contribution in [0, 0.1) is 23.7 Å². The number of aliphatic carboxylic acids is 1. The van der Waals surface area contributed by atoms with Gasteiger partial charge in [0.1, 0.15) is 5.00 Å². The largest absolute Gasteiger partial charge is 0.481 e. The van der Waals surface area contributed by atoms with Crippen LogP contribution in [0.4, 0.5) is 5.00 Å². The maximum Gasteiger partial charge on any atom is 0.307 e. The third kappa shape index (κ3) is 2.72. The van der Waals surface area contributed by atoms with Crippen molar-refractivity contribution in [2.24, 2.45) is 29.4 Å². The first-order valence-corrected chi connectivity index (χ1v) is 10.5. The van der Waals surface area contributed by atoms with Gasteiger partial charge in [-0.25, -0.2) is 0 Å². The molecule has 0 saturated heterocycles. The summed E-state index contributed by atoms with van der Waals surface area (Å²) in [6.45, 7) is 0. The number of anilines is 1. The molecule has 5 rings (SSSR count). The minimum absolute atomic E-state index is 0.0755. The van der Waals surface area contributed by atoms with Gasteiger partial charge in [0.15, 0.2) is 0 Å². The lowest BCUT2D eigenvalue weighted by molar-refractivity contribution is -0.146. The molecule has 7 heteroatoms. The number of rotatable bonds is 4. The van der Waals surface area contributed by atoms with Crippen LogP contribution in [-0.2, 0) is 22.4 Å². The van der Waals surface area contributed by atoms with Gasteiger partial charge in [-0.15, -0.1) is 11.3 Å². The van der Waals surface area contributed by atoms with E-state index >= 15 is 0 Å². The molecular formula is C22H20N2O4S. The van der Waals surface area contributed by atoms with E-state index in [-0.39, 0.29) is 17.7 Å². The molecule has 3 aliphatic carbocycles. The Hall–Kier alpha value is -2.93. The molecule has 0 unspecified atom stereocenters. The van der Waals surface area contributed by atoms with Crippen LogP contribution < -0.4 is 11.1 Å². The Morgan fingerprint density at radius 3 is 2.52 bits per heavy atom. The number of allylic oxidation sites excluding steroid dienone is 2. The molecule has 1 saturated carbocycles. The number of carbonyl (C=O) groups is 3. The van der Waals surface area contributed by atoms with Gasteiger partial charge in [0.2, 0.25) is 5.91 Å². The van der Waals surface area contributed by atoms with E-state index in [1.807, 2.05) is 30.4 Å². The third-order valence-corrected chi connectivity index (χ3v) is 7.62. The second-order valence-corrected chi connectivity index (χ2v) is 8.98. The van der Waals surface area contributed by atoms with Gasteiger partial charge in [0.05, 0.1) is 17.4 Å². The predicted molar refractivity (Wildman–Crippen MR) is 110 cm³/mol. The number of nitrogens with two attached hydrogens (primary N) is 1. The SMILES string of the molecule is NC(=O)c1c(NC(=O)[C@@H]2[C@@H](C(=O)O)[C@H]3C=C[C@H]2C3)sc2c1CCc1ccccc1-2. The van der Waals surface area contributed by atoms with Crippen LogP contribution in [0.5, 0.6) is 0 Å². The number of benzene rings is 1. The molecule has 1 fully saturated rings. The van der Waals surface area contributed by atoms with Crippen LogP contribution in [0.25, 0.3) is 10.4 Å². The number of carboxylic acids is 1. The van der Waals surface area contributed by atoms with Gasteiger partial charge >= 0.3 is 5.97 Å². The quantitative estimate of drug-likeness (QED) is 0.675. The van der Waals surface area contributed by atoms with Crippen molar-refractivity contribution in [3.8, 4) is 10.4 Å². The minimum Gasteiger partial charge on any atom is -0.481 e. The van der Waals surface area contributed by atoms with E-state index < -0.39 is 23.7 Å². The average molecular weight is 408 g/mol. The fourth-order valence-corrected chi connectivity index (χ4v) is 6.52. The highest BCUT2D eigenvalue weighted by molar-refractivity contribution is 7.20. The second-order valence-electron chi connectivity index (χ2n) is 7.96. The molecule has 2 aromatic rings. The molecule has 1 aromatic carbocycles. The van der Waals surface area contributed by atoms with Crippen LogP contribution in [0.3, 0.4) is 0 Å². The molecular weight excluding hydrogens is 388 g/mol. The molecule has 4 N–H and O–H groups in total. The summed E-state index contributed by atoms with van der Waals surface area (Å²) in [4.78, 5) is 38.0. The van der Waals surface area contributed by atoms with Crippen molar-refractivity contribution in [1.29, 1.82) is 0 Å². The summed E-state index contributed by atoms with van der Waals surface area (Å²) in [6, 6.07) is 8.03. The number of thiophene rings is 1. The number of primary amides is 1. The van der Waals surface area contributed by atoms with Crippen molar-refractivity contribution in [2.45, 2.75) is 19.3 Å². The summed E-state index contributed by atoms with van der Waals surface area (Å²) in [5, 5.41) is 12.9. The van der Waals surface area contributed by atoms with Crippen molar-refractivity contribution >= 4 is 34.1 Å². The Balaban J connectivity index is 1.52. The van der Waals surface area contributed by atoms with E-state index in [1.54, 1.807) is 0 Å². The van der Waals surface area contributed by atoms with E-state index in [1.165, 1.54) is 16.9 Å². The van der Waals surface area contributed by atoms with Crippen LogP contribution in [0.2, 0.25) is 0 Å². The van der Waals surface area contributed by atoms with E-state index in [9.17, 15) is 19.5 Å². The molecule has 0 spiro atoms. The average Bonchev–Trinajstić information content (AvgIpc) is 3.39. The third-order valence-electron chi connectivity index (χ3n) is 6.44. The maximum absolute atomic E-state index is 13.1. The standard InChI is InChI=1S/C22H20N2O4S/c23-19(25)17-14-8-7-10-3-1-2-4-13(10)18(14)29-21(17)24-20(26)15-11-5-6-12(9-11)16(15)22(27)28/h1-6,11-12,15-16H,7-9H2,(H2,23,25)(H,24,26)(H,27,28)/t11-,12-,15-,16-/m0/s1. The van der Waals surface area contributed by atoms with Crippen molar-refractivity contribution in [2.75, 3.05) is 5.32 Å². The Labute approximate surface area is 171 Å². The fraction of sp³-hybridized carbons (Fsp3) is 0.318. The monoisotopic (exact) mass is 408 g/mol. The molecule has 3 aliphatic rings. The number of hydrogen-bond acceptors (Lipinski definition) is 4. The molecule has 0 aliphatic heterocycles. The molecule has 4 atom stereocenters. The lowest BCUT2D eigenvalue weighted by Crippen LogP contribution is -2.36. The van der Waals surface area contributed by atoms with Gasteiger partial charge in [-0.1, -0.05) is 36.4 Å². The van der Waals surface area contributed by atoms with E-state index in [0.717, 1.165) is 22.4 Å². The highest BCUT2D eigenvalue weighted by Gasteiger charge is 2.51. The van der Waals surface area contributed by atoms with Gasteiger partial charge < -0.3 is 16.2 Å². The van der Waals surface area contributed by atoms with E-state index in [2.05, 4.69) is 11.4 Å². The van der Waals surface area contributed by atoms with Crippen molar-refractivity contribution in [3.63, 3.8) is 0 Å². The number of nitrogens with one attached hydrogen (secondary N) is 1. The Kier molecular flexibility index (Phi) is 4.10. The zero-order valence-corrected chi connectivity index (χ0v) is 16.4. The minimum atomic E-state index is -0.948. The van der Waals surface area contributed by atoms with Crippen LogP contribution >= 0.6 is 11.3 Å². The topological polar surface area (TPSA) is 109 Å². The van der Waals surface area contributed by atoms with Crippen molar-refractivity contribution in [3.05, 3.63) is 53.1 Å². The molecule has 6 nitrogen and oxygen atoms in total.